The SMILES string of the molecule is CCN1CN([C@@H](c2ccccc2)[C@H](O)CO)c2c(F)cccc21. The number of hydrogen-bond acceptors (Lipinski definition) is 4. The van der Waals surface area contributed by atoms with Crippen LogP contribution in [0.3, 0.4) is 0 Å². The van der Waals surface area contributed by atoms with Gasteiger partial charge in [0.25, 0.3) is 0 Å². The molecule has 2 N–H and O–H groups in total. The van der Waals surface area contributed by atoms with E-state index in [1.54, 1.807) is 6.07 Å². The molecule has 1 heterocycles. The minimum absolute atomic E-state index is 0.315. The lowest BCUT2D eigenvalue weighted by Crippen LogP contribution is -2.41. The van der Waals surface area contributed by atoms with Gasteiger partial charge >= 0.3 is 0 Å². The molecule has 0 aliphatic carbocycles. The summed E-state index contributed by atoms with van der Waals surface area (Å²) in [4.78, 5) is 3.89. The van der Waals surface area contributed by atoms with Crippen LogP contribution in [-0.2, 0) is 0 Å². The zero-order valence-corrected chi connectivity index (χ0v) is 13.1. The highest BCUT2D eigenvalue weighted by atomic mass is 19.1. The first kappa shape index (κ1) is 15.8. The molecule has 0 saturated carbocycles. The summed E-state index contributed by atoms with van der Waals surface area (Å²) in [7, 11) is 0. The van der Waals surface area contributed by atoms with E-state index < -0.39 is 12.1 Å². The maximum Gasteiger partial charge on any atom is 0.148 e. The van der Waals surface area contributed by atoms with Crippen molar-refractivity contribution in [1.29, 1.82) is 0 Å². The van der Waals surface area contributed by atoms with Gasteiger partial charge in [0, 0.05) is 6.54 Å². The highest BCUT2D eigenvalue weighted by Gasteiger charge is 2.36. The molecule has 3 rings (SSSR count). The smallest absolute Gasteiger partial charge is 0.148 e. The number of nitrogens with zero attached hydrogens (tertiary/aromatic N) is 2. The van der Waals surface area contributed by atoms with Gasteiger partial charge in [-0.15, -0.1) is 0 Å². The van der Waals surface area contributed by atoms with Crippen molar-refractivity contribution in [2.24, 2.45) is 0 Å². The van der Waals surface area contributed by atoms with Crippen LogP contribution in [0, 0.1) is 5.82 Å². The fourth-order valence-electron chi connectivity index (χ4n) is 3.23. The van der Waals surface area contributed by atoms with Gasteiger partial charge in [-0.25, -0.2) is 4.39 Å². The molecule has 23 heavy (non-hydrogen) atoms. The maximum atomic E-state index is 14.5. The van der Waals surface area contributed by atoms with Crippen molar-refractivity contribution in [3.8, 4) is 0 Å². The van der Waals surface area contributed by atoms with Crippen molar-refractivity contribution < 1.29 is 14.6 Å². The van der Waals surface area contributed by atoms with Gasteiger partial charge < -0.3 is 20.0 Å². The summed E-state index contributed by atoms with van der Waals surface area (Å²) in [5.74, 6) is -0.315. The van der Waals surface area contributed by atoms with Gasteiger partial charge in [0.1, 0.15) is 11.9 Å². The predicted molar refractivity (Wildman–Crippen MR) is 89.0 cm³/mol. The normalized spacial score (nSPS) is 16.3. The van der Waals surface area contributed by atoms with Crippen molar-refractivity contribution >= 4 is 11.4 Å². The summed E-state index contributed by atoms with van der Waals surface area (Å²) in [6, 6.07) is 13.9. The molecule has 122 valence electrons. The molecule has 0 radical (unpaired) electrons. The van der Waals surface area contributed by atoms with E-state index in [0.29, 0.717) is 12.4 Å². The first-order valence-corrected chi connectivity index (χ1v) is 7.81. The maximum absolute atomic E-state index is 14.5. The first-order valence-electron chi connectivity index (χ1n) is 7.81. The van der Waals surface area contributed by atoms with E-state index in [9.17, 15) is 14.6 Å². The number of aliphatic hydroxyl groups excluding tert-OH is 2. The topological polar surface area (TPSA) is 46.9 Å². The molecule has 0 spiro atoms. The van der Waals surface area contributed by atoms with Crippen LogP contribution in [0.15, 0.2) is 48.5 Å². The van der Waals surface area contributed by atoms with Crippen LogP contribution in [0.1, 0.15) is 18.5 Å². The number of halogens is 1. The van der Waals surface area contributed by atoms with E-state index in [0.717, 1.165) is 17.8 Å². The third kappa shape index (κ3) is 2.78. The predicted octanol–water partition coefficient (Wildman–Crippen LogP) is 2.52. The van der Waals surface area contributed by atoms with Crippen molar-refractivity contribution in [1.82, 2.24) is 0 Å². The molecule has 0 amide bonds. The third-order valence-electron chi connectivity index (χ3n) is 4.33. The fourth-order valence-corrected chi connectivity index (χ4v) is 3.23. The molecular weight excluding hydrogens is 295 g/mol. The average molecular weight is 316 g/mol. The largest absolute Gasteiger partial charge is 0.394 e. The quantitative estimate of drug-likeness (QED) is 0.890. The Morgan fingerprint density at radius 2 is 1.87 bits per heavy atom. The fraction of sp³-hybridized carbons (Fsp3) is 0.333. The van der Waals surface area contributed by atoms with Crippen molar-refractivity contribution in [2.75, 3.05) is 29.6 Å². The molecule has 0 saturated heterocycles. The van der Waals surface area contributed by atoms with Gasteiger partial charge in [-0.05, 0) is 24.6 Å². The highest BCUT2D eigenvalue weighted by Crippen LogP contribution is 2.43. The number of rotatable bonds is 5. The van der Waals surface area contributed by atoms with Gasteiger partial charge in [0.15, 0.2) is 0 Å². The van der Waals surface area contributed by atoms with Crippen LogP contribution in [0.4, 0.5) is 15.8 Å². The Balaban J connectivity index is 2.08. The molecule has 0 aromatic heterocycles. The van der Waals surface area contributed by atoms with E-state index in [-0.39, 0.29) is 12.4 Å². The molecule has 1 aliphatic heterocycles. The zero-order valence-electron chi connectivity index (χ0n) is 13.1. The Kier molecular flexibility index (Phi) is 4.50. The van der Waals surface area contributed by atoms with Gasteiger partial charge in [0.2, 0.25) is 0 Å². The number of anilines is 2. The zero-order chi connectivity index (χ0) is 16.4. The van der Waals surface area contributed by atoms with Crippen molar-refractivity contribution in [3.63, 3.8) is 0 Å². The van der Waals surface area contributed by atoms with E-state index >= 15 is 0 Å². The minimum Gasteiger partial charge on any atom is -0.394 e. The number of fused-ring (bicyclic) bond motifs is 1. The lowest BCUT2D eigenvalue weighted by atomic mass is 9.99. The number of benzene rings is 2. The number of para-hydroxylation sites is 1. The lowest BCUT2D eigenvalue weighted by Gasteiger charge is -2.33. The lowest BCUT2D eigenvalue weighted by molar-refractivity contribution is 0.0715. The Hall–Kier alpha value is -2.11. The average Bonchev–Trinajstić information content (AvgIpc) is 2.96. The summed E-state index contributed by atoms with van der Waals surface area (Å²) >= 11 is 0. The van der Waals surface area contributed by atoms with Crippen LogP contribution in [-0.4, -0.2) is 36.1 Å². The van der Waals surface area contributed by atoms with Gasteiger partial charge in [-0.2, -0.15) is 0 Å². The Morgan fingerprint density at radius 1 is 1.13 bits per heavy atom. The molecule has 1 aliphatic rings. The molecule has 2 aromatic carbocycles. The minimum atomic E-state index is -0.998. The van der Waals surface area contributed by atoms with E-state index in [2.05, 4.69) is 4.90 Å². The van der Waals surface area contributed by atoms with Crippen molar-refractivity contribution in [3.05, 3.63) is 59.9 Å². The Bertz CT molecular complexity index is 665. The van der Waals surface area contributed by atoms with E-state index in [1.807, 2.05) is 48.2 Å². The van der Waals surface area contributed by atoms with Gasteiger partial charge in [0.05, 0.1) is 30.7 Å². The van der Waals surface area contributed by atoms with E-state index in [1.165, 1.54) is 6.07 Å². The Morgan fingerprint density at radius 3 is 2.52 bits per heavy atom. The molecule has 0 fully saturated rings. The third-order valence-corrected chi connectivity index (χ3v) is 4.33. The molecule has 2 aromatic rings. The summed E-state index contributed by atoms with van der Waals surface area (Å²) in [6.45, 7) is 2.84. The van der Waals surface area contributed by atoms with Crippen LogP contribution >= 0.6 is 0 Å². The van der Waals surface area contributed by atoms with E-state index in [4.69, 9.17) is 0 Å². The molecule has 5 heteroatoms. The monoisotopic (exact) mass is 316 g/mol. The number of hydrogen-bond donors (Lipinski definition) is 2. The van der Waals surface area contributed by atoms with Gasteiger partial charge in [-0.1, -0.05) is 36.4 Å². The second-order valence-electron chi connectivity index (χ2n) is 5.68. The van der Waals surface area contributed by atoms with Crippen LogP contribution in [0.25, 0.3) is 0 Å². The highest BCUT2D eigenvalue weighted by molar-refractivity contribution is 5.77. The molecule has 0 bridgehead atoms. The van der Waals surface area contributed by atoms with Crippen molar-refractivity contribution in [2.45, 2.75) is 19.1 Å². The van der Waals surface area contributed by atoms with Crippen LogP contribution in [0.5, 0.6) is 0 Å². The first-order chi connectivity index (χ1) is 11.2. The summed E-state index contributed by atoms with van der Waals surface area (Å²) in [5.41, 5.74) is 2.15. The second-order valence-corrected chi connectivity index (χ2v) is 5.68. The molecule has 0 unspecified atom stereocenters. The van der Waals surface area contributed by atoms with Gasteiger partial charge in [-0.3, -0.25) is 0 Å². The number of aliphatic hydroxyl groups is 2. The standard InChI is InChI=1S/C18H21FN2O2/c1-2-20-12-21(18-14(19)9-6-10-15(18)20)17(16(23)11-22)13-7-4-3-5-8-13/h3-10,16-17,22-23H,2,11-12H2,1H3/t16-,17+/m1/s1. The molecule has 4 nitrogen and oxygen atoms in total. The second kappa shape index (κ2) is 6.56. The summed E-state index contributed by atoms with van der Waals surface area (Å²) in [5, 5.41) is 19.9. The molecule has 2 atom stereocenters. The molecular formula is C18H21FN2O2. The Labute approximate surface area is 135 Å². The summed E-state index contributed by atoms with van der Waals surface area (Å²) in [6.07, 6.45) is -0.998. The van der Waals surface area contributed by atoms with Crippen LogP contribution in [0.2, 0.25) is 0 Å². The van der Waals surface area contributed by atoms with Crippen LogP contribution < -0.4 is 9.80 Å². The summed E-state index contributed by atoms with van der Waals surface area (Å²) < 4.78 is 14.5.